The van der Waals surface area contributed by atoms with Gasteiger partial charge in [-0.2, -0.15) is 0 Å². The first-order valence-corrected chi connectivity index (χ1v) is 7.09. The SMILES string of the molecule is CCCOc1ccc(C(CO)Nc2ccccc2F)cc1. The molecular formula is C17H20FNO2. The lowest BCUT2D eigenvalue weighted by Crippen LogP contribution is -2.15. The van der Waals surface area contributed by atoms with E-state index in [0.717, 1.165) is 17.7 Å². The second-order valence-corrected chi connectivity index (χ2v) is 4.78. The Morgan fingerprint density at radius 1 is 1.14 bits per heavy atom. The first-order chi connectivity index (χ1) is 10.2. The van der Waals surface area contributed by atoms with Crippen molar-refractivity contribution in [3.63, 3.8) is 0 Å². The van der Waals surface area contributed by atoms with Gasteiger partial charge in [0.05, 0.1) is 24.9 Å². The van der Waals surface area contributed by atoms with Crippen molar-refractivity contribution in [1.29, 1.82) is 0 Å². The summed E-state index contributed by atoms with van der Waals surface area (Å²) in [6.45, 7) is 2.61. The molecule has 0 heterocycles. The van der Waals surface area contributed by atoms with E-state index in [-0.39, 0.29) is 18.5 Å². The van der Waals surface area contributed by atoms with Crippen LogP contribution in [0.25, 0.3) is 0 Å². The maximum Gasteiger partial charge on any atom is 0.146 e. The normalized spacial score (nSPS) is 12.0. The van der Waals surface area contributed by atoms with Gasteiger partial charge in [0.1, 0.15) is 11.6 Å². The summed E-state index contributed by atoms with van der Waals surface area (Å²) in [5.74, 6) is 0.460. The quantitative estimate of drug-likeness (QED) is 0.815. The fourth-order valence-corrected chi connectivity index (χ4v) is 2.02. The Balaban J connectivity index is 2.08. The summed E-state index contributed by atoms with van der Waals surface area (Å²) >= 11 is 0. The second kappa shape index (κ2) is 7.64. The number of anilines is 1. The molecule has 1 atom stereocenters. The van der Waals surface area contributed by atoms with Gasteiger partial charge in [0, 0.05) is 0 Å². The number of aliphatic hydroxyl groups is 1. The minimum Gasteiger partial charge on any atom is -0.494 e. The minimum atomic E-state index is -0.359. The van der Waals surface area contributed by atoms with Crippen molar-refractivity contribution in [3.05, 3.63) is 59.9 Å². The lowest BCUT2D eigenvalue weighted by Gasteiger charge is -2.19. The number of rotatable bonds is 7. The lowest BCUT2D eigenvalue weighted by atomic mass is 10.1. The highest BCUT2D eigenvalue weighted by atomic mass is 19.1. The number of ether oxygens (including phenoxy) is 1. The van der Waals surface area contributed by atoms with Crippen molar-refractivity contribution >= 4 is 5.69 Å². The predicted molar refractivity (Wildman–Crippen MR) is 82.1 cm³/mol. The van der Waals surface area contributed by atoms with Gasteiger partial charge in [-0.05, 0) is 36.2 Å². The van der Waals surface area contributed by atoms with Crippen molar-refractivity contribution in [2.24, 2.45) is 0 Å². The molecule has 0 bridgehead atoms. The molecule has 0 aromatic heterocycles. The minimum absolute atomic E-state index is 0.122. The van der Waals surface area contributed by atoms with Gasteiger partial charge in [-0.3, -0.25) is 0 Å². The average Bonchev–Trinajstić information content (AvgIpc) is 2.53. The van der Waals surface area contributed by atoms with Crippen molar-refractivity contribution in [3.8, 4) is 5.75 Å². The van der Waals surface area contributed by atoms with E-state index < -0.39 is 0 Å². The first-order valence-electron chi connectivity index (χ1n) is 7.09. The number of aliphatic hydroxyl groups excluding tert-OH is 1. The largest absolute Gasteiger partial charge is 0.494 e. The van der Waals surface area contributed by atoms with Crippen LogP contribution in [0.4, 0.5) is 10.1 Å². The van der Waals surface area contributed by atoms with Crippen LogP contribution in [-0.2, 0) is 0 Å². The van der Waals surface area contributed by atoms with Crippen molar-refractivity contribution in [1.82, 2.24) is 0 Å². The number of hydrogen-bond donors (Lipinski definition) is 2. The highest BCUT2D eigenvalue weighted by Gasteiger charge is 2.12. The van der Waals surface area contributed by atoms with Crippen LogP contribution in [0.2, 0.25) is 0 Å². The summed E-state index contributed by atoms with van der Waals surface area (Å²) < 4.78 is 19.2. The zero-order valence-electron chi connectivity index (χ0n) is 12.1. The molecule has 0 aliphatic heterocycles. The second-order valence-electron chi connectivity index (χ2n) is 4.78. The standard InChI is InChI=1S/C17H20FNO2/c1-2-11-21-14-9-7-13(8-10-14)17(12-20)19-16-6-4-3-5-15(16)18/h3-10,17,19-20H,2,11-12H2,1H3. The number of para-hydroxylation sites is 1. The zero-order valence-corrected chi connectivity index (χ0v) is 12.1. The van der Waals surface area contributed by atoms with Gasteiger partial charge in [-0.25, -0.2) is 4.39 Å². The molecule has 0 spiro atoms. The number of nitrogens with one attached hydrogen (secondary N) is 1. The Hall–Kier alpha value is -2.07. The van der Waals surface area contributed by atoms with Gasteiger partial charge in [-0.1, -0.05) is 31.2 Å². The molecule has 0 amide bonds. The third-order valence-electron chi connectivity index (χ3n) is 3.14. The van der Waals surface area contributed by atoms with E-state index in [4.69, 9.17) is 4.74 Å². The topological polar surface area (TPSA) is 41.5 Å². The predicted octanol–water partition coefficient (Wildman–Crippen LogP) is 3.76. The van der Waals surface area contributed by atoms with E-state index >= 15 is 0 Å². The first kappa shape index (κ1) is 15.3. The fourth-order valence-electron chi connectivity index (χ4n) is 2.02. The molecule has 2 rings (SSSR count). The van der Waals surface area contributed by atoms with Crippen LogP contribution in [0.3, 0.4) is 0 Å². The molecule has 2 aromatic rings. The van der Waals surface area contributed by atoms with E-state index in [9.17, 15) is 9.50 Å². The molecule has 0 aliphatic rings. The van der Waals surface area contributed by atoms with Crippen LogP contribution < -0.4 is 10.1 Å². The number of hydrogen-bond acceptors (Lipinski definition) is 3. The van der Waals surface area contributed by atoms with Crippen LogP contribution in [-0.4, -0.2) is 18.3 Å². The Morgan fingerprint density at radius 3 is 2.48 bits per heavy atom. The maximum atomic E-state index is 13.6. The van der Waals surface area contributed by atoms with Gasteiger partial charge in [-0.15, -0.1) is 0 Å². The average molecular weight is 289 g/mol. The number of halogens is 1. The Kier molecular flexibility index (Phi) is 5.58. The van der Waals surface area contributed by atoms with Gasteiger partial charge in [0.2, 0.25) is 0 Å². The molecule has 0 radical (unpaired) electrons. The summed E-state index contributed by atoms with van der Waals surface area (Å²) in [7, 11) is 0. The maximum absolute atomic E-state index is 13.6. The molecule has 0 aliphatic carbocycles. The van der Waals surface area contributed by atoms with Crippen molar-refractivity contribution in [2.75, 3.05) is 18.5 Å². The summed E-state index contributed by atoms with van der Waals surface area (Å²) in [6.07, 6.45) is 0.954. The van der Waals surface area contributed by atoms with Crippen LogP contribution in [0.5, 0.6) is 5.75 Å². The molecule has 112 valence electrons. The van der Waals surface area contributed by atoms with Crippen molar-refractivity contribution in [2.45, 2.75) is 19.4 Å². The third kappa shape index (κ3) is 4.20. The monoisotopic (exact) mass is 289 g/mol. The van der Waals surface area contributed by atoms with Crippen LogP contribution in [0.15, 0.2) is 48.5 Å². The Labute approximate surface area is 124 Å². The molecule has 21 heavy (non-hydrogen) atoms. The third-order valence-corrected chi connectivity index (χ3v) is 3.14. The summed E-state index contributed by atoms with van der Waals surface area (Å²) in [6, 6.07) is 13.5. The van der Waals surface area contributed by atoms with Gasteiger partial charge < -0.3 is 15.2 Å². The van der Waals surface area contributed by atoms with E-state index in [1.54, 1.807) is 18.2 Å². The van der Waals surface area contributed by atoms with Crippen LogP contribution >= 0.6 is 0 Å². The fraction of sp³-hybridized carbons (Fsp3) is 0.294. The van der Waals surface area contributed by atoms with E-state index in [1.807, 2.05) is 24.3 Å². The van der Waals surface area contributed by atoms with Crippen LogP contribution in [0, 0.1) is 5.82 Å². The lowest BCUT2D eigenvalue weighted by molar-refractivity contribution is 0.276. The van der Waals surface area contributed by atoms with E-state index in [1.165, 1.54) is 6.07 Å². The Bertz CT molecular complexity index is 557. The number of benzene rings is 2. The molecule has 0 saturated carbocycles. The van der Waals surface area contributed by atoms with Crippen LogP contribution in [0.1, 0.15) is 24.9 Å². The van der Waals surface area contributed by atoms with Crippen molar-refractivity contribution < 1.29 is 14.2 Å². The van der Waals surface area contributed by atoms with E-state index in [0.29, 0.717) is 12.3 Å². The highest BCUT2D eigenvalue weighted by Crippen LogP contribution is 2.23. The molecule has 1 unspecified atom stereocenters. The summed E-state index contributed by atoms with van der Waals surface area (Å²) in [5, 5.41) is 12.5. The summed E-state index contributed by atoms with van der Waals surface area (Å²) in [4.78, 5) is 0. The summed E-state index contributed by atoms with van der Waals surface area (Å²) in [5.41, 5.74) is 1.26. The molecule has 2 aromatic carbocycles. The molecule has 2 N–H and O–H groups in total. The Morgan fingerprint density at radius 2 is 1.86 bits per heavy atom. The molecule has 0 saturated heterocycles. The van der Waals surface area contributed by atoms with Gasteiger partial charge in [0.15, 0.2) is 0 Å². The van der Waals surface area contributed by atoms with Gasteiger partial charge in [0.25, 0.3) is 0 Å². The molecular weight excluding hydrogens is 269 g/mol. The van der Waals surface area contributed by atoms with E-state index in [2.05, 4.69) is 12.2 Å². The molecule has 4 heteroatoms. The molecule has 3 nitrogen and oxygen atoms in total. The highest BCUT2D eigenvalue weighted by molar-refractivity contribution is 5.47. The van der Waals surface area contributed by atoms with Gasteiger partial charge >= 0.3 is 0 Å². The molecule has 0 fully saturated rings. The smallest absolute Gasteiger partial charge is 0.146 e. The zero-order chi connectivity index (χ0) is 15.1.